The van der Waals surface area contributed by atoms with E-state index >= 15 is 0 Å². The van der Waals surface area contributed by atoms with Crippen molar-refractivity contribution in [2.24, 2.45) is 0 Å². The van der Waals surface area contributed by atoms with E-state index in [2.05, 4.69) is 5.32 Å². The lowest BCUT2D eigenvalue weighted by molar-refractivity contribution is -0.134. The normalized spacial score (nSPS) is 12.1. The number of nitrogens with zero attached hydrogens (tertiary/aromatic N) is 1. The van der Waals surface area contributed by atoms with Crippen LogP contribution < -0.4 is 5.32 Å². The number of likely N-dealkylation sites (N-methyl/N-ethyl adjacent to an activating group) is 1. The van der Waals surface area contributed by atoms with E-state index in [-0.39, 0.29) is 11.8 Å². The summed E-state index contributed by atoms with van der Waals surface area (Å²) in [4.78, 5) is 25.6. The molecule has 2 rings (SSSR count). The molecule has 120 valence electrons. The average molecular weight is 312 g/mol. The number of hydrogen-bond donors (Lipinski definition) is 1. The minimum atomic E-state index is -0.608. The molecule has 0 aliphatic rings. The Hall–Kier alpha value is -2.82. The number of nitrogens with one attached hydrogen (secondary N) is 1. The molecule has 5 heteroatoms. The van der Waals surface area contributed by atoms with Gasteiger partial charge in [-0.1, -0.05) is 30.3 Å². The number of carbonyl (C=O) groups excluding carboxylic acids is 2. The van der Waals surface area contributed by atoms with Crippen molar-refractivity contribution in [2.75, 3.05) is 7.05 Å². The zero-order valence-corrected chi connectivity index (χ0v) is 13.2. The fraction of sp³-hybridized carbons (Fsp3) is 0.222. The van der Waals surface area contributed by atoms with Crippen molar-refractivity contribution in [1.29, 1.82) is 0 Å². The van der Waals surface area contributed by atoms with Crippen LogP contribution in [0.2, 0.25) is 0 Å². The molecule has 1 atom stereocenters. The van der Waals surface area contributed by atoms with E-state index in [0.717, 1.165) is 5.56 Å². The lowest BCUT2D eigenvalue weighted by Crippen LogP contribution is -2.44. The van der Waals surface area contributed by atoms with Gasteiger partial charge in [0.05, 0.1) is 12.8 Å². The summed E-state index contributed by atoms with van der Waals surface area (Å²) in [5.41, 5.74) is 0.927. The third kappa shape index (κ3) is 5.14. The van der Waals surface area contributed by atoms with Gasteiger partial charge in [-0.2, -0.15) is 0 Å². The van der Waals surface area contributed by atoms with Crippen molar-refractivity contribution in [3.05, 3.63) is 66.1 Å². The molecule has 0 spiro atoms. The van der Waals surface area contributed by atoms with Crippen LogP contribution in [-0.4, -0.2) is 29.8 Å². The van der Waals surface area contributed by atoms with Gasteiger partial charge in [0, 0.05) is 13.1 Å². The molecule has 0 saturated heterocycles. The van der Waals surface area contributed by atoms with Crippen LogP contribution in [0.15, 0.2) is 59.2 Å². The van der Waals surface area contributed by atoms with Crippen molar-refractivity contribution in [2.45, 2.75) is 19.5 Å². The highest BCUT2D eigenvalue weighted by atomic mass is 16.3. The first-order chi connectivity index (χ1) is 11.1. The smallest absolute Gasteiger partial charge is 0.245 e. The average Bonchev–Trinajstić information content (AvgIpc) is 3.06. The van der Waals surface area contributed by atoms with Gasteiger partial charge in [0.2, 0.25) is 11.8 Å². The lowest BCUT2D eigenvalue weighted by atomic mass is 10.2. The Balaban J connectivity index is 1.85. The Labute approximate surface area is 135 Å². The zero-order chi connectivity index (χ0) is 16.7. The first kappa shape index (κ1) is 16.5. The highest BCUT2D eigenvalue weighted by molar-refractivity contribution is 5.95. The molecule has 0 aliphatic heterocycles. The van der Waals surface area contributed by atoms with Crippen molar-refractivity contribution in [3.8, 4) is 0 Å². The van der Waals surface area contributed by atoms with E-state index in [9.17, 15) is 9.59 Å². The van der Waals surface area contributed by atoms with Gasteiger partial charge in [0.1, 0.15) is 11.8 Å². The first-order valence-electron chi connectivity index (χ1n) is 7.37. The van der Waals surface area contributed by atoms with Crippen molar-refractivity contribution in [1.82, 2.24) is 10.2 Å². The molecule has 1 aromatic carbocycles. The number of benzene rings is 1. The topological polar surface area (TPSA) is 62.6 Å². The van der Waals surface area contributed by atoms with Gasteiger partial charge in [0.15, 0.2) is 0 Å². The fourth-order valence-electron chi connectivity index (χ4n) is 2.10. The van der Waals surface area contributed by atoms with Crippen LogP contribution in [0.3, 0.4) is 0 Å². The molecular formula is C18H20N2O3. The third-order valence-electron chi connectivity index (χ3n) is 3.31. The van der Waals surface area contributed by atoms with E-state index in [4.69, 9.17) is 4.42 Å². The Morgan fingerprint density at radius 2 is 1.96 bits per heavy atom. The van der Waals surface area contributed by atoms with E-state index in [1.807, 2.05) is 30.3 Å². The standard InChI is InChI=1S/C18H20N2O3/c1-14(18(22)20(2)13-16-9-6-12-23-16)19-17(21)11-10-15-7-4-3-5-8-15/h3-12,14H,13H2,1-2H3,(H,19,21)/b11-10+. The van der Waals surface area contributed by atoms with Gasteiger partial charge < -0.3 is 14.6 Å². The maximum Gasteiger partial charge on any atom is 0.245 e. The van der Waals surface area contributed by atoms with Crippen LogP contribution in [-0.2, 0) is 16.1 Å². The van der Waals surface area contributed by atoms with E-state index in [1.165, 1.54) is 11.0 Å². The summed E-state index contributed by atoms with van der Waals surface area (Å²) in [6.07, 6.45) is 4.69. The Morgan fingerprint density at radius 3 is 2.61 bits per heavy atom. The minimum absolute atomic E-state index is 0.178. The lowest BCUT2D eigenvalue weighted by Gasteiger charge is -2.20. The predicted octanol–water partition coefficient (Wildman–Crippen LogP) is 2.46. The van der Waals surface area contributed by atoms with Gasteiger partial charge >= 0.3 is 0 Å². The molecule has 2 aromatic rings. The molecule has 1 heterocycles. The summed E-state index contributed by atoms with van der Waals surface area (Å²) in [6, 6.07) is 12.5. The summed E-state index contributed by atoms with van der Waals surface area (Å²) in [5, 5.41) is 2.66. The molecule has 0 radical (unpaired) electrons. The quantitative estimate of drug-likeness (QED) is 0.833. The second-order valence-corrected chi connectivity index (χ2v) is 5.25. The monoisotopic (exact) mass is 312 g/mol. The van der Waals surface area contributed by atoms with Crippen LogP contribution in [0.1, 0.15) is 18.2 Å². The second kappa shape index (κ2) is 7.98. The maximum atomic E-state index is 12.2. The summed E-state index contributed by atoms with van der Waals surface area (Å²) < 4.78 is 5.21. The molecule has 1 aromatic heterocycles. The van der Waals surface area contributed by atoms with Crippen molar-refractivity contribution in [3.63, 3.8) is 0 Å². The molecule has 0 saturated carbocycles. The minimum Gasteiger partial charge on any atom is -0.467 e. The number of amides is 2. The van der Waals surface area contributed by atoms with E-state index < -0.39 is 6.04 Å². The molecule has 1 unspecified atom stereocenters. The molecule has 23 heavy (non-hydrogen) atoms. The summed E-state index contributed by atoms with van der Waals surface area (Å²) in [6.45, 7) is 2.03. The van der Waals surface area contributed by atoms with Gasteiger partial charge in [-0.05, 0) is 30.7 Å². The van der Waals surface area contributed by atoms with Gasteiger partial charge in [-0.15, -0.1) is 0 Å². The van der Waals surface area contributed by atoms with Crippen molar-refractivity contribution >= 4 is 17.9 Å². The molecule has 2 amide bonds. The zero-order valence-electron chi connectivity index (χ0n) is 13.2. The third-order valence-corrected chi connectivity index (χ3v) is 3.31. The molecule has 0 fully saturated rings. The van der Waals surface area contributed by atoms with E-state index in [0.29, 0.717) is 12.3 Å². The Bertz CT molecular complexity index is 663. The van der Waals surface area contributed by atoms with Crippen molar-refractivity contribution < 1.29 is 14.0 Å². The van der Waals surface area contributed by atoms with Crippen LogP contribution in [0.5, 0.6) is 0 Å². The van der Waals surface area contributed by atoms with Gasteiger partial charge in [0.25, 0.3) is 0 Å². The fourth-order valence-corrected chi connectivity index (χ4v) is 2.10. The number of hydrogen-bond acceptors (Lipinski definition) is 3. The van der Waals surface area contributed by atoms with Gasteiger partial charge in [-0.25, -0.2) is 0 Å². The van der Waals surface area contributed by atoms with Crippen LogP contribution in [0.25, 0.3) is 6.08 Å². The Kier molecular flexibility index (Phi) is 5.74. The second-order valence-electron chi connectivity index (χ2n) is 5.25. The van der Waals surface area contributed by atoms with Crippen LogP contribution in [0.4, 0.5) is 0 Å². The maximum absolute atomic E-state index is 12.2. The molecule has 0 aliphatic carbocycles. The molecule has 1 N–H and O–H groups in total. The summed E-state index contributed by atoms with van der Waals surface area (Å²) in [7, 11) is 1.67. The summed E-state index contributed by atoms with van der Waals surface area (Å²) in [5.74, 6) is 0.215. The molecule has 5 nitrogen and oxygen atoms in total. The Morgan fingerprint density at radius 1 is 1.22 bits per heavy atom. The van der Waals surface area contributed by atoms with Gasteiger partial charge in [-0.3, -0.25) is 9.59 Å². The summed E-state index contributed by atoms with van der Waals surface area (Å²) >= 11 is 0. The number of rotatable bonds is 6. The first-order valence-corrected chi connectivity index (χ1v) is 7.37. The van der Waals surface area contributed by atoms with Crippen LogP contribution >= 0.6 is 0 Å². The molecular weight excluding hydrogens is 292 g/mol. The van der Waals surface area contributed by atoms with Crippen LogP contribution in [0, 0.1) is 0 Å². The van der Waals surface area contributed by atoms with E-state index in [1.54, 1.807) is 38.4 Å². The number of furan rings is 1. The SMILES string of the molecule is CC(NC(=O)/C=C/c1ccccc1)C(=O)N(C)Cc1ccco1. The number of carbonyl (C=O) groups is 2. The highest BCUT2D eigenvalue weighted by Gasteiger charge is 2.19. The largest absolute Gasteiger partial charge is 0.467 e. The highest BCUT2D eigenvalue weighted by Crippen LogP contribution is 2.05. The predicted molar refractivity (Wildman–Crippen MR) is 88.3 cm³/mol. The molecule has 0 bridgehead atoms.